The number of nitrogens with zero attached hydrogens (tertiary/aromatic N) is 2. The van der Waals surface area contributed by atoms with Crippen LogP contribution in [0.2, 0.25) is 0 Å². The van der Waals surface area contributed by atoms with Crippen LogP contribution in [0.1, 0.15) is 61.3 Å². The van der Waals surface area contributed by atoms with Crippen LogP contribution in [0.4, 0.5) is 13.2 Å². The molecular formula is C26H40F3N5O4. The molecule has 0 aromatic rings. The Hall–Kier alpha value is -2.84. The van der Waals surface area contributed by atoms with Crippen molar-refractivity contribution in [3.63, 3.8) is 0 Å². The zero-order valence-electron chi connectivity index (χ0n) is 23.1. The van der Waals surface area contributed by atoms with Crippen molar-refractivity contribution in [2.75, 3.05) is 13.1 Å². The minimum Gasteiger partial charge on any atom is -0.356 e. The first kappa shape index (κ1) is 31.4. The third kappa shape index (κ3) is 7.17. The highest BCUT2D eigenvalue weighted by atomic mass is 19.4. The Morgan fingerprint density at radius 1 is 1.11 bits per heavy atom. The molecule has 2 aliphatic heterocycles. The Morgan fingerprint density at radius 3 is 2.13 bits per heavy atom. The molecule has 4 amide bonds. The minimum atomic E-state index is -5.18. The summed E-state index contributed by atoms with van der Waals surface area (Å²) in [4.78, 5) is 52.6. The van der Waals surface area contributed by atoms with E-state index in [0.29, 0.717) is 13.0 Å². The number of hydrogen-bond acceptors (Lipinski definition) is 5. The molecule has 1 unspecified atom stereocenters. The fraction of sp³-hybridized carbons (Fsp3) is 0.808. The van der Waals surface area contributed by atoms with E-state index in [-0.39, 0.29) is 42.5 Å². The summed E-state index contributed by atoms with van der Waals surface area (Å²) < 4.78 is 39.3. The van der Waals surface area contributed by atoms with Gasteiger partial charge < -0.3 is 20.9 Å². The summed E-state index contributed by atoms with van der Waals surface area (Å²) in [7, 11) is 0. The summed E-state index contributed by atoms with van der Waals surface area (Å²) in [6.07, 6.45) is -4.53. The van der Waals surface area contributed by atoms with Gasteiger partial charge in [-0.2, -0.15) is 18.4 Å². The third-order valence-corrected chi connectivity index (χ3v) is 7.58. The van der Waals surface area contributed by atoms with Crippen LogP contribution >= 0.6 is 0 Å². The minimum absolute atomic E-state index is 0.0438. The van der Waals surface area contributed by atoms with Crippen LogP contribution < -0.4 is 16.0 Å². The van der Waals surface area contributed by atoms with Crippen molar-refractivity contribution in [2.24, 2.45) is 35.0 Å². The standard InChI is InChI=1S/C26H40F3N5O4/c1-13(2)17-12-34(23(37)20(25(5,6)7)33-24(38)26(27,28)29)19(18(17)14(3)4)22(36)32-16(11-30)10-15-8-9-31-21(15)35/h13-20H,8-10,12H2,1-7H3,(H,31,35)(H,32,36)(H,33,38)/t15-,16-,17+,18?,19-,20+/m0/s1. The molecule has 0 aromatic carbocycles. The van der Waals surface area contributed by atoms with E-state index in [1.54, 1.807) is 0 Å². The normalized spacial score (nSPS) is 25.7. The largest absolute Gasteiger partial charge is 0.471 e. The van der Waals surface area contributed by atoms with Crippen molar-refractivity contribution in [3.05, 3.63) is 0 Å². The lowest BCUT2D eigenvalue weighted by Gasteiger charge is -2.37. The van der Waals surface area contributed by atoms with Crippen LogP contribution in [-0.2, 0) is 19.2 Å². The molecule has 12 heteroatoms. The lowest BCUT2D eigenvalue weighted by Crippen LogP contribution is -2.60. The van der Waals surface area contributed by atoms with Gasteiger partial charge in [-0.3, -0.25) is 19.2 Å². The van der Waals surface area contributed by atoms with Gasteiger partial charge in [-0.15, -0.1) is 0 Å². The molecule has 38 heavy (non-hydrogen) atoms. The number of hydrogen-bond donors (Lipinski definition) is 3. The van der Waals surface area contributed by atoms with E-state index in [9.17, 15) is 37.6 Å². The van der Waals surface area contributed by atoms with Gasteiger partial charge in [0, 0.05) is 19.0 Å². The van der Waals surface area contributed by atoms with E-state index >= 15 is 0 Å². The van der Waals surface area contributed by atoms with Gasteiger partial charge in [0.25, 0.3) is 0 Å². The highest BCUT2D eigenvalue weighted by molar-refractivity contribution is 5.94. The lowest BCUT2D eigenvalue weighted by molar-refractivity contribution is -0.176. The van der Waals surface area contributed by atoms with Gasteiger partial charge in [0.1, 0.15) is 18.1 Å². The summed E-state index contributed by atoms with van der Waals surface area (Å²) in [6, 6.07) is -1.57. The molecular weight excluding hydrogens is 503 g/mol. The summed E-state index contributed by atoms with van der Waals surface area (Å²) in [5.74, 6) is -4.74. The first-order valence-corrected chi connectivity index (χ1v) is 13.1. The predicted octanol–water partition coefficient (Wildman–Crippen LogP) is 2.37. The first-order valence-electron chi connectivity index (χ1n) is 13.1. The molecule has 3 N–H and O–H groups in total. The molecule has 0 bridgehead atoms. The SMILES string of the molecule is CC(C)C1[C@@H](C(C)C)CN(C(=O)[C@@H](NC(=O)C(F)(F)F)C(C)(C)C)[C@@H]1C(=O)N[C@H](C#N)C[C@@H]1CCNC1=O. The molecule has 0 spiro atoms. The molecule has 2 fully saturated rings. The number of alkyl halides is 3. The Bertz CT molecular complexity index is 954. The maximum Gasteiger partial charge on any atom is 0.471 e. The Balaban J connectivity index is 2.43. The van der Waals surface area contributed by atoms with Gasteiger partial charge >= 0.3 is 12.1 Å². The van der Waals surface area contributed by atoms with Crippen molar-refractivity contribution < 1.29 is 32.3 Å². The van der Waals surface area contributed by atoms with Crippen LogP contribution in [0.3, 0.4) is 0 Å². The van der Waals surface area contributed by atoms with E-state index < -0.39 is 53.4 Å². The third-order valence-electron chi connectivity index (χ3n) is 7.58. The average Bonchev–Trinajstić information content (AvgIpc) is 3.38. The number of nitriles is 1. The van der Waals surface area contributed by atoms with Gasteiger partial charge in [-0.1, -0.05) is 48.5 Å². The van der Waals surface area contributed by atoms with E-state index in [4.69, 9.17) is 0 Å². The fourth-order valence-corrected chi connectivity index (χ4v) is 5.54. The topological polar surface area (TPSA) is 131 Å². The molecule has 2 heterocycles. The number of likely N-dealkylation sites (tertiary alicyclic amines) is 1. The maximum absolute atomic E-state index is 13.8. The summed E-state index contributed by atoms with van der Waals surface area (Å²) in [5.41, 5.74) is -1.09. The van der Waals surface area contributed by atoms with Crippen molar-refractivity contribution in [3.8, 4) is 6.07 Å². The van der Waals surface area contributed by atoms with Gasteiger partial charge in [-0.05, 0) is 41.9 Å². The summed E-state index contributed by atoms with van der Waals surface area (Å²) >= 11 is 0. The Kier molecular flexibility index (Phi) is 9.83. The average molecular weight is 544 g/mol. The number of carbonyl (C=O) groups excluding carboxylic acids is 4. The van der Waals surface area contributed by atoms with Crippen molar-refractivity contribution in [2.45, 2.75) is 85.6 Å². The van der Waals surface area contributed by atoms with Gasteiger partial charge in [0.15, 0.2) is 0 Å². The second-order valence-corrected chi connectivity index (χ2v) is 12.1. The van der Waals surface area contributed by atoms with Crippen molar-refractivity contribution in [1.82, 2.24) is 20.9 Å². The highest BCUT2D eigenvalue weighted by Gasteiger charge is 2.53. The Morgan fingerprint density at radius 2 is 1.71 bits per heavy atom. The van der Waals surface area contributed by atoms with Gasteiger partial charge in [0.05, 0.1) is 6.07 Å². The van der Waals surface area contributed by atoms with Gasteiger partial charge in [-0.25, -0.2) is 0 Å². The zero-order chi connectivity index (χ0) is 29.2. The molecule has 0 saturated carbocycles. The number of amides is 4. The van der Waals surface area contributed by atoms with Crippen molar-refractivity contribution in [1.29, 1.82) is 5.26 Å². The molecule has 6 atom stereocenters. The van der Waals surface area contributed by atoms with Gasteiger partial charge in [0.2, 0.25) is 17.7 Å². The van der Waals surface area contributed by atoms with E-state index in [1.807, 2.05) is 39.1 Å². The first-order chi connectivity index (χ1) is 17.4. The summed E-state index contributed by atoms with van der Waals surface area (Å²) in [6.45, 7) is 12.9. The molecule has 214 valence electrons. The fourth-order valence-electron chi connectivity index (χ4n) is 5.54. The van der Waals surface area contributed by atoms with E-state index in [2.05, 4.69) is 10.6 Å². The monoisotopic (exact) mass is 543 g/mol. The number of carbonyl (C=O) groups is 4. The molecule has 0 radical (unpaired) electrons. The van der Waals surface area contributed by atoms with E-state index in [0.717, 1.165) is 0 Å². The number of nitrogens with one attached hydrogen (secondary N) is 3. The number of halogens is 3. The smallest absolute Gasteiger partial charge is 0.356 e. The van der Waals surface area contributed by atoms with E-state index in [1.165, 1.54) is 25.7 Å². The van der Waals surface area contributed by atoms with Crippen LogP contribution in [0.15, 0.2) is 0 Å². The zero-order valence-corrected chi connectivity index (χ0v) is 23.1. The van der Waals surface area contributed by atoms with Crippen LogP contribution in [0.5, 0.6) is 0 Å². The van der Waals surface area contributed by atoms with Crippen LogP contribution in [0.25, 0.3) is 0 Å². The second kappa shape index (κ2) is 11.9. The predicted molar refractivity (Wildman–Crippen MR) is 133 cm³/mol. The maximum atomic E-state index is 13.8. The lowest BCUT2D eigenvalue weighted by atomic mass is 9.76. The second-order valence-electron chi connectivity index (χ2n) is 12.1. The molecule has 0 aliphatic carbocycles. The summed E-state index contributed by atoms with van der Waals surface area (Å²) in [5, 5.41) is 16.9. The van der Waals surface area contributed by atoms with Crippen molar-refractivity contribution >= 4 is 23.6 Å². The molecule has 9 nitrogen and oxygen atoms in total. The molecule has 0 aromatic heterocycles. The van der Waals surface area contributed by atoms with Crippen LogP contribution in [0, 0.1) is 46.3 Å². The highest BCUT2D eigenvalue weighted by Crippen LogP contribution is 2.41. The molecule has 2 rings (SSSR count). The quantitative estimate of drug-likeness (QED) is 0.433. The van der Waals surface area contributed by atoms with Crippen LogP contribution in [-0.4, -0.2) is 65.9 Å². The molecule has 2 aliphatic rings. The molecule has 2 saturated heterocycles. The number of rotatable bonds is 8. The Labute approximate surface area is 222 Å².